The van der Waals surface area contributed by atoms with Crippen molar-refractivity contribution in [1.29, 1.82) is 0 Å². The first-order valence-electron chi connectivity index (χ1n) is 8.27. The Kier molecular flexibility index (Phi) is 4.15. The van der Waals surface area contributed by atoms with Gasteiger partial charge >= 0.3 is 0 Å². The number of rotatable bonds is 4. The lowest BCUT2D eigenvalue weighted by atomic mass is 10.0. The van der Waals surface area contributed by atoms with E-state index in [0.717, 1.165) is 22.2 Å². The van der Waals surface area contributed by atoms with E-state index in [2.05, 4.69) is 9.97 Å². The summed E-state index contributed by atoms with van der Waals surface area (Å²) in [4.78, 5) is 7.48. The highest BCUT2D eigenvalue weighted by Crippen LogP contribution is 2.29. The Bertz CT molecular complexity index is 1020. The highest BCUT2D eigenvalue weighted by Gasteiger charge is 2.25. The van der Waals surface area contributed by atoms with E-state index in [0.29, 0.717) is 19.5 Å². The summed E-state index contributed by atoms with van der Waals surface area (Å²) < 4.78 is 26.8. The molecule has 0 saturated carbocycles. The molecule has 25 heavy (non-hydrogen) atoms. The van der Waals surface area contributed by atoms with Gasteiger partial charge in [0, 0.05) is 36.4 Å². The fraction of sp³-hybridized carbons (Fsp3) is 0.211. The first-order valence-corrected chi connectivity index (χ1v) is 9.88. The summed E-state index contributed by atoms with van der Waals surface area (Å²) in [5, 5.41) is 1.08. The monoisotopic (exact) mass is 353 g/mol. The summed E-state index contributed by atoms with van der Waals surface area (Å²) >= 11 is 0. The molecule has 0 atom stereocenters. The molecule has 0 amide bonds. The first kappa shape index (κ1) is 16.1. The lowest BCUT2D eigenvalue weighted by molar-refractivity contribution is 0.440. The van der Waals surface area contributed by atoms with Crippen LogP contribution in [0.4, 0.5) is 0 Å². The molecule has 1 aromatic carbocycles. The number of nitrogens with one attached hydrogen (secondary N) is 1. The van der Waals surface area contributed by atoms with Crippen LogP contribution in [0.2, 0.25) is 0 Å². The van der Waals surface area contributed by atoms with E-state index in [4.69, 9.17) is 0 Å². The Morgan fingerprint density at radius 3 is 2.72 bits per heavy atom. The molecule has 3 heterocycles. The van der Waals surface area contributed by atoms with Gasteiger partial charge in [0.25, 0.3) is 0 Å². The fourth-order valence-electron chi connectivity index (χ4n) is 3.25. The van der Waals surface area contributed by atoms with Crippen molar-refractivity contribution < 1.29 is 8.42 Å². The molecule has 2 aromatic heterocycles. The minimum atomic E-state index is -3.30. The maximum Gasteiger partial charge on any atom is 0.218 e. The number of aromatic amines is 1. The van der Waals surface area contributed by atoms with Crippen molar-refractivity contribution in [2.45, 2.75) is 12.2 Å². The summed E-state index contributed by atoms with van der Waals surface area (Å²) in [6.45, 7) is 0.922. The van der Waals surface area contributed by atoms with Crippen molar-refractivity contribution in [2.24, 2.45) is 0 Å². The Balaban J connectivity index is 1.54. The van der Waals surface area contributed by atoms with Gasteiger partial charge in [-0.2, -0.15) is 4.31 Å². The summed E-state index contributed by atoms with van der Waals surface area (Å²) in [5.74, 6) is 0.0496. The second-order valence-electron chi connectivity index (χ2n) is 6.18. The van der Waals surface area contributed by atoms with E-state index in [1.165, 1.54) is 5.57 Å². The Hall–Kier alpha value is -2.44. The smallest absolute Gasteiger partial charge is 0.218 e. The molecule has 0 spiro atoms. The van der Waals surface area contributed by atoms with Gasteiger partial charge in [0.15, 0.2) is 0 Å². The first-order chi connectivity index (χ1) is 12.1. The molecular formula is C19H19N3O2S. The van der Waals surface area contributed by atoms with Crippen LogP contribution >= 0.6 is 0 Å². The second-order valence-corrected chi connectivity index (χ2v) is 8.15. The van der Waals surface area contributed by atoms with Crippen LogP contribution in [-0.4, -0.2) is 35.8 Å². The summed E-state index contributed by atoms with van der Waals surface area (Å²) in [5.41, 5.74) is 3.96. The van der Waals surface area contributed by atoms with E-state index >= 15 is 0 Å². The van der Waals surface area contributed by atoms with Crippen molar-refractivity contribution in [1.82, 2.24) is 14.3 Å². The predicted octanol–water partition coefficient (Wildman–Crippen LogP) is 3.18. The molecule has 0 unspecified atom stereocenters. The van der Waals surface area contributed by atoms with Crippen LogP contribution < -0.4 is 0 Å². The van der Waals surface area contributed by atoms with Gasteiger partial charge in [-0.25, -0.2) is 13.4 Å². The van der Waals surface area contributed by atoms with Crippen molar-refractivity contribution in [3.63, 3.8) is 0 Å². The molecule has 0 aliphatic carbocycles. The normalized spacial score (nSPS) is 16.1. The molecule has 1 aliphatic heterocycles. The quantitative estimate of drug-likeness (QED) is 0.783. The summed E-state index contributed by atoms with van der Waals surface area (Å²) in [6, 6.07) is 13.3. The molecule has 128 valence electrons. The molecule has 0 radical (unpaired) electrons. The van der Waals surface area contributed by atoms with Crippen molar-refractivity contribution in [3.05, 3.63) is 72.1 Å². The van der Waals surface area contributed by atoms with Crippen LogP contribution in [0.25, 0.3) is 16.6 Å². The Labute approximate surface area is 147 Å². The van der Waals surface area contributed by atoms with E-state index in [9.17, 15) is 8.42 Å². The average Bonchev–Trinajstić information content (AvgIpc) is 3.06. The fourth-order valence-corrected chi connectivity index (χ4v) is 4.71. The van der Waals surface area contributed by atoms with Crippen LogP contribution in [0.5, 0.6) is 0 Å². The zero-order valence-electron chi connectivity index (χ0n) is 13.7. The molecule has 5 nitrogen and oxygen atoms in total. The second kappa shape index (κ2) is 6.46. The van der Waals surface area contributed by atoms with Gasteiger partial charge in [0.2, 0.25) is 10.0 Å². The molecule has 0 fully saturated rings. The van der Waals surface area contributed by atoms with Crippen molar-refractivity contribution >= 4 is 26.6 Å². The van der Waals surface area contributed by atoms with E-state index in [1.54, 1.807) is 10.5 Å². The highest BCUT2D eigenvalue weighted by molar-refractivity contribution is 7.88. The minimum absolute atomic E-state index is 0.0496. The molecule has 4 rings (SSSR count). The number of nitrogens with zero attached hydrogens (tertiary/aromatic N) is 2. The molecule has 0 bridgehead atoms. The van der Waals surface area contributed by atoms with Gasteiger partial charge in [-0.05, 0) is 29.7 Å². The predicted molar refractivity (Wildman–Crippen MR) is 99.3 cm³/mol. The number of pyridine rings is 1. The SMILES string of the molecule is O=S(=O)(Cc1ccccc1)N1CC=C(c2c[nH]c3ncccc23)CC1. The van der Waals surface area contributed by atoms with Gasteiger partial charge in [-0.15, -0.1) is 0 Å². The third-order valence-corrected chi connectivity index (χ3v) is 6.37. The zero-order chi connectivity index (χ0) is 17.3. The lowest BCUT2D eigenvalue weighted by Gasteiger charge is -2.25. The number of aromatic nitrogens is 2. The Morgan fingerprint density at radius 2 is 1.96 bits per heavy atom. The van der Waals surface area contributed by atoms with Crippen molar-refractivity contribution in [2.75, 3.05) is 13.1 Å². The molecule has 1 aliphatic rings. The lowest BCUT2D eigenvalue weighted by Crippen LogP contribution is -2.35. The zero-order valence-corrected chi connectivity index (χ0v) is 14.5. The third kappa shape index (κ3) is 3.23. The van der Waals surface area contributed by atoms with Gasteiger partial charge in [0.1, 0.15) is 5.65 Å². The van der Waals surface area contributed by atoms with Crippen LogP contribution in [-0.2, 0) is 15.8 Å². The number of hydrogen-bond donors (Lipinski definition) is 1. The van der Waals surface area contributed by atoms with Gasteiger partial charge in [-0.3, -0.25) is 0 Å². The van der Waals surface area contributed by atoms with E-state index < -0.39 is 10.0 Å². The van der Waals surface area contributed by atoms with Gasteiger partial charge in [-0.1, -0.05) is 36.4 Å². The van der Waals surface area contributed by atoms with Gasteiger partial charge < -0.3 is 4.98 Å². The molecule has 3 aromatic rings. The molecular weight excluding hydrogens is 334 g/mol. The number of hydrogen-bond acceptors (Lipinski definition) is 3. The van der Waals surface area contributed by atoms with Crippen molar-refractivity contribution in [3.8, 4) is 0 Å². The average molecular weight is 353 g/mol. The van der Waals surface area contributed by atoms with Crippen LogP contribution in [0.15, 0.2) is 60.9 Å². The largest absolute Gasteiger partial charge is 0.346 e. The van der Waals surface area contributed by atoms with Crippen LogP contribution in [0.1, 0.15) is 17.5 Å². The standard InChI is InChI=1S/C19H19N3O2S/c23-25(24,14-15-5-2-1-3-6-15)22-11-8-16(9-12-22)18-13-21-19-17(18)7-4-10-20-19/h1-8,10,13H,9,11-12,14H2,(H,20,21). The maximum atomic E-state index is 12.6. The number of sulfonamides is 1. The molecule has 6 heteroatoms. The summed E-state index contributed by atoms with van der Waals surface area (Å²) in [6.07, 6.45) is 6.44. The topological polar surface area (TPSA) is 66.1 Å². The van der Waals surface area contributed by atoms with E-state index in [1.807, 2.05) is 54.7 Å². The number of H-pyrrole nitrogens is 1. The number of fused-ring (bicyclic) bond motifs is 1. The van der Waals surface area contributed by atoms with Crippen LogP contribution in [0, 0.1) is 0 Å². The Morgan fingerprint density at radius 1 is 1.12 bits per heavy atom. The third-order valence-electron chi connectivity index (χ3n) is 4.55. The highest BCUT2D eigenvalue weighted by atomic mass is 32.2. The molecule has 0 saturated heterocycles. The van der Waals surface area contributed by atoms with Crippen LogP contribution in [0.3, 0.4) is 0 Å². The number of benzene rings is 1. The maximum absolute atomic E-state index is 12.6. The van der Waals surface area contributed by atoms with Gasteiger partial charge in [0.05, 0.1) is 5.75 Å². The summed E-state index contributed by atoms with van der Waals surface area (Å²) in [7, 11) is -3.30. The minimum Gasteiger partial charge on any atom is -0.346 e. The van der Waals surface area contributed by atoms with E-state index in [-0.39, 0.29) is 5.75 Å². The molecule has 1 N–H and O–H groups in total.